The summed E-state index contributed by atoms with van der Waals surface area (Å²) >= 11 is 6.04. The summed E-state index contributed by atoms with van der Waals surface area (Å²) in [5.74, 6) is 0.164. The minimum absolute atomic E-state index is 0.182. The molecule has 1 aliphatic carbocycles. The van der Waals surface area contributed by atoms with Gasteiger partial charge in [0, 0.05) is 43.5 Å². The van der Waals surface area contributed by atoms with E-state index in [0.717, 1.165) is 30.5 Å². The quantitative estimate of drug-likeness (QED) is 0.417. The molecule has 6 nitrogen and oxygen atoms in total. The van der Waals surface area contributed by atoms with Gasteiger partial charge in [0.25, 0.3) is 0 Å². The zero-order valence-electron chi connectivity index (χ0n) is 19.3. The molecule has 0 spiro atoms. The highest BCUT2D eigenvalue weighted by atomic mass is 35.5. The lowest BCUT2D eigenvalue weighted by Gasteiger charge is -2.27. The van der Waals surface area contributed by atoms with E-state index in [1.807, 2.05) is 49.3 Å². The van der Waals surface area contributed by atoms with Gasteiger partial charge in [-0.2, -0.15) is 0 Å². The van der Waals surface area contributed by atoms with Gasteiger partial charge in [-0.1, -0.05) is 29.8 Å². The second kappa shape index (κ2) is 10.5. The van der Waals surface area contributed by atoms with E-state index in [0.29, 0.717) is 23.1 Å². The van der Waals surface area contributed by atoms with Crippen molar-refractivity contribution >= 4 is 23.3 Å². The van der Waals surface area contributed by atoms with Crippen molar-refractivity contribution in [2.45, 2.75) is 31.4 Å². The van der Waals surface area contributed by atoms with Gasteiger partial charge >= 0.3 is 5.97 Å². The molecule has 7 heteroatoms. The number of nitrogens with zero attached hydrogens (tertiary/aromatic N) is 1. The molecule has 1 aliphatic rings. The molecule has 2 atom stereocenters. The van der Waals surface area contributed by atoms with Crippen LogP contribution in [0.2, 0.25) is 5.02 Å². The Bertz CT molecular complexity index is 1180. The number of carboxylic acids is 1. The number of aryl methyl sites for hydroxylation is 1. The Balaban J connectivity index is 1.44. The largest absolute Gasteiger partial charge is 0.478 e. The average Bonchev–Trinajstić information content (AvgIpc) is 2.82. The van der Waals surface area contributed by atoms with Crippen LogP contribution in [0.15, 0.2) is 60.7 Å². The molecule has 0 heterocycles. The van der Waals surface area contributed by atoms with Crippen LogP contribution >= 0.6 is 11.6 Å². The van der Waals surface area contributed by atoms with Gasteiger partial charge in [-0.25, -0.2) is 4.79 Å². The molecule has 0 bridgehead atoms. The maximum absolute atomic E-state index is 11.5. The fourth-order valence-electron chi connectivity index (χ4n) is 4.24. The number of fused-ring (bicyclic) bond motifs is 1. The Labute approximate surface area is 204 Å². The van der Waals surface area contributed by atoms with Gasteiger partial charge in [0.15, 0.2) is 0 Å². The summed E-state index contributed by atoms with van der Waals surface area (Å²) in [6, 6.07) is 18.6. The lowest BCUT2D eigenvalue weighted by molar-refractivity contribution is 0.0696. The number of benzene rings is 3. The van der Waals surface area contributed by atoms with Crippen LogP contribution in [-0.2, 0) is 12.8 Å². The highest BCUT2D eigenvalue weighted by Crippen LogP contribution is 2.31. The lowest BCUT2D eigenvalue weighted by atomic mass is 9.88. The molecule has 0 fully saturated rings. The molecule has 4 rings (SSSR count). The molecular formula is C27H29ClN2O4. The topological polar surface area (TPSA) is 82.0 Å². The predicted octanol–water partition coefficient (Wildman–Crippen LogP) is 5.08. The molecule has 0 aromatic heterocycles. The van der Waals surface area contributed by atoms with E-state index >= 15 is 0 Å². The Hall–Kier alpha value is -3.06. The SMILES string of the molecule is CN(C)c1cc(Oc2ccc3c(c2)C[C@@H](NC[C@H](O)c2cccc(Cl)c2)CC3)cc(C(=O)O)c1. The van der Waals surface area contributed by atoms with Crippen molar-refractivity contribution < 1.29 is 19.7 Å². The van der Waals surface area contributed by atoms with E-state index in [4.69, 9.17) is 16.3 Å². The van der Waals surface area contributed by atoms with Crippen LogP contribution in [0, 0.1) is 0 Å². The van der Waals surface area contributed by atoms with Gasteiger partial charge in [-0.3, -0.25) is 0 Å². The summed E-state index contributed by atoms with van der Waals surface area (Å²) in [6.45, 7) is 0.450. The van der Waals surface area contributed by atoms with Crippen LogP contribution in [0.3, 0.4) is 0 Å². The minimum atomic E-state index is -0.993. The zero-order valence-corrected chi connectivity index (χ0v) is 20.0. The number of aliphatic hydroxyl groups is 1. The normalized spacial score (nSPS) is 15.9. The Morgan fingerprint density at radius 2 is 1.94 bits per heavy atom. The number of halogens is 1. The summed E-state index contributed by atoms with van der Waals surface area (Å²) in [6.07, 6.45) is 2.14. The molecule has 0 unspecified atom stereocenters. The van der Waals surface area contributed by atoms with Gasteiger partial charge in [0.05, 0.1) is 11.7 Å². The highest BCUT2D eigenvalue weighted by Gasteiger charge is 2.20. The second-order valence-electron chi connectivity index (χ2n) is 8.87. The number of hydrogen-bond donors (Lipinski definition) is 3. The number of nitrogens with one attached hydrogen (secondary N) is 1. The van der Waals surface area contributed by atoms with Crippen LogP contribution in [0.4, 0.5) is 5.69 Å². The first-order valence-electron chi connectivity index (χ1n) is 11.3. The number of aromatic carboxylic acids is 1. The van der Waals surface area contributed by atoms with Crippen LogP contribution in [0.1, 0.15) is 39.6 Å². The van der Waals surface area contributed by atoms with E-state index in [-0.39, 0.29) is 11.6 Å². The number of anilines is 1. The summed E-state index contributed by atoms with van der Waals surface area (Å²) < 4.78 is 6.07. The third kappa shape index (κ3) is 5.89. The van der Waals surface area contributed by atoms with E-state index in [1.165, 1.54) is 17.2 Å². The fourth-order valence-corrected chi connectivity index (χ4v) is 4.44. The number of carboxylic acid groups (broad SMARTS) is 1. The molecular weight excluding hydrogens is 452 g/mol. The predicted molar refractivity (Wildman–Crippen MR) is 134 cm³/mol. The highest BCUT2D eigenvalue weighted by molar-refractivity contribution is 6.30. The maximum atomic E-state index is 11.5. The zero-order chi connectivity index (χ0) is 24.2. The van der Waals surface area contributed by atoms with Gasteiger partial charge in [-0.05, 0) is 72.4 Å². The monoisotopic (exact) mass is 480 g/mol. The molecule has 3 aromatic carbocycles. The smallest absolute Gasteiger partial charge is 0.335 e. The van der Waals surface area contributed by atoms with Crippen LogP contribution in [-0.4, -0.2) is 42.9 Å². The van der Waals surface area contributed by atoms with Gasteiger partial charge in [0.1, 0.15) is 11.5 Å². The van der Waals surface area contributed by atoms with Crippen molar-refractivity contribution in [3.05, 3.63) is 87.9 Å². The molecule has 0 saturated carbocycles. The van der Waals surface area contributed by atoms with Gasteiger partial charge < -0.3 is 25.2 Å². The Morgan fingerprint density at radius 1 is 1.12 bits per heavy atom. The third-order valence-electron chi connectivity index (χ3n) is 6.13. The van der Waals surface area contributed by atoms with E-state index in [9.17, 15) is 15.0 Å². The number of rotatable bonds is 8. The van der Waals surface area contributed by atoms with Crippen molar-refractivity contribution in [3.8, 4) is 11.5 Å². The maximum Gasteiger partial charge on any atom is 0.335 e. The number of carbonyl (C=O) groups is 1. The second-order valence-corrected chi connectivity index (χ2v) is 9.30. The molecule has 0 amide bonds. The molecule has 0 radical (unpaired) electrons. The van der Waals surface area contributed by atoms with Crippen molar-refractivity contribution in [3.63, 3.8) is 0 Å². The van der Waals surface area contributed by atoms with Crippen LogP contribution in [0.5, 0.6) is 11.5 Å². The number of ether oxygens (including phenoxy) is 1. The molecule has 3 aromatic rings. The number of aliphatic hydroxyl groups excluding tert-OH is 1. The Morgan fingerprint density at radius 3 is 2.68 bits per heavy atom. The van der Waals surface area contributed by atoms with Crippen LogP contribution < -0.4 is 15.0 Å². The third-order valence-corrected chi connectivity index (χ3v) is 6.36. The molecule has 0 aliphatic heterocycles. The Kier molecular flexibility index (Phi) is 7.41. The number of hydrogen-bond acceptors (Lipinski definition) is 5. The standard InChI is InChI=1S/C27H29ClN2O4/c1-30(2)23-12-20(27(32)33)14-25(15-23)34-24-9-7-17-6-8-22(11-19(17)13-24)29-16-26(31)18-4-3-5-21(28)10-18/h3-5,7,9-10,12-15,22,26,29,31H,6,8,11,16H2,1-2H3,(H,32,33)/t22-,26-/m0/s1. The first-order chi connectivity index (χ1) is 16.3. The van der Waals surface area contributed by atoms with Crippen LogP contribution in [0.25, 0.3) is 0 Å². The molecule has 34 heavy (non-hydrogen) atoms. The molecule has 178 valence electrons. The van der Waals surface area contributed by atoms with Gasteiger partial charge in [0.2, 0.25) is 0 Å². The van der Waals surface area contributed by atoms with Crippen molar-refractivity contribution in [2.24, 2.45) is 0 Å². The first-order valence-corrected chi connectivity index (χ1v) is 11.7. The first kappa shape index (κ1) is 24.1. The van der Waals surface area contributed by atoms with Crippen molar-refractivity contribution in [1.29, 1.82) is 0 Å². The minimum Gasteiger partial charge on any atom is -0.478 e. The van der Waals surface area contributed by atoms with E-state index in [1.54, 1.807) is 18.2 Å². The molecule has 3 N–H and O–H groups in total. The summed E-state index contributed by atoms with van der Waals surface area (Å²) in [5.41, 5.74) is 4.22. The fraction of sp³-hybridized carbons (Fsp3) is 0.296. The van der Waals surface area contributed by atoms with Crippen molar-refractivity contribution in [1.82, 2.24) is 5.32 Å². The molecule has 0 saturated heterocycles. The summed E-state index contributed by atoms with van der Waals surface area (Å²) in [5, 5.41) is 24.1. The summed E-state index contributed by atoms with van der Waals surface area (Å²) in [7, 11) is 3.72. The average molecular weight is 481 g/mol. The van der Waals surface area contributed by atoms with E-state index < -0.39 is 12.1 Å². The van der Waals surface area contributed by atoms with E-state index in [2.05, 4.69) is 11.4 Å². The summed E-state index contributed by atoms with van der Waals surface area (Å²) in [4.78, 5) is 13.4. The lowest BCUT2D eigenvalue weighted by Crippen LogP contribution is -2.37. The van der Waals surface area contributed by atoms with Gasteiger partial charge in [-0.15, -0.1) is 0 Å². The van der Waals surface area contributed by atoms with Crippen molar-refractivity contribution in [2.75, 3.05) is 25.5 Å².